The normalized spacial score (nSPS) is 11.1. The molecule has 0 aliphatic rings. The standard InChI is InChI=1S/C11H13BrN2O4/c1-4-18-10(15)11(2,3)9-8(14(16)17)5-7(12)6-13-9/h5-6H,4H2,1-3H3. The first-order valence-corrected chi connectivity index (χ1v) is 6.07. The highest BCUT2D eigenvalue weighted by molar-refractivity contribution is 9.10. The Kier molecular flexibility index (Phi) is 4.39. The summed E-state index contributed by atoms with van der Waals surface area (Å²) >= 11 is 3.12. The Bertz CT molecular complexity index is 488. The van der Waals surface area contributed by atoms with Crippen molar-refractivity contribution in [2.45, 2.75) is 26.2 Å². The predicted molar refractivity (Wildman–Crippen MR) is 68.3 cm³/mol. The first kappa shape index (κ1) is 14.6. The van der Waals surface area contributed by atoms with Crippen molar-refractivity contribution >= 4 is 27.6 Å². The fraction of sp³-hybridized carbons (Fsp3) is 0.455. The number of ether oxygens (including phenoxy) is 1. The molecule has 0 saturated heterocycles. The van der Waals surface area contributed by atoms with Crippen molar-refractivity contribution in [3.63, 3.8) is 0 Å². The van der Waals surface area contributed by atoms with E-state index >= 15 is 0 Å². The fourth-order valence-electron chi connectivity index (χ4n) is 1.46. The number of nitrogens with zero attached hydrogens (tertiary/aromatic N) is 2. The quantitative estimate of drug-likeness (QED) is 0.484. The molecule has 0 aromatic carbocycles. The van der Waals surface area contributed by atoms with Crippen LogP contribution in [-0.2, 0) is 14.9 Å². The first-order valence-electron chi connectivity index (χ1n) is 5.28. The number of aromatic nitrogens is 1. The predicted octanol–water partition coefficient (Wildman–Crippen LogP) is 2.59. The van der Waals surface area contributed by atoms with Crippen LogP contribution in [0.15, 0.2) is 16.7 Å². The molecule has 0 bridgehead atoms. The summed E-state index contributed by atoms with van der Waals surface area (Å²) in [7, 11) is 0. The summed E-state index contributed by atoms with van der Waals surface area (Å²) in [6.45, 7) is 4.99. The van der Waals surface area contributed by atoms with Gasteiger partial charge in [-0.2, -0.15) is 0 Å². The molecule has 1 rings (SSSR count). The van der Waals surface area contributed by atoms with Gasteiger partial charge in [0.05, 0.1) is 11.5 Å². The highest BCUT2D eigenvalue weighted by Gasteiger charge is 2.38. The molecule has 0 fully saturated rings. The summed E-state index contributed by atoms with van der Waals surface area (Å²) in [5, 5.41) is 11.0. The number of pyridine rings is 1. The number of rotatable bonds is 4. The van der Waals surface area contributed by atoms with E-state index in [-0.39, 0.29) is 18.0 Å². The average Bonchev–Trinajstić information content (AvgIpc) is 2.28. The summed E-state index contributed by atoms with van der Waals surface area (Å²) in [6.07, 6.45) is 1.42. The Morgan fingerprint density at radius 1 is 1.61 bits per heavy atom. The van der Waals surface area contributed by atoms with E-state index in [0.717, 1.165) is 0 Å². The number of carbonyl (C=O) groups is 1. The van der Waals surface area contributed by atoms with E-state index in [4.69, 9.17) is 4.74 Å². The lowest BCUT2D eigenvalue weighted by molar-refractivity contribution is -0.386. The van der Waals surface area contributed by atoms with Crippen LogP contribution in [-0.4, -0.2) is 22.5 Å². The highest BCUT2D eigenvalue weighted by Crippen LogP contribution is 2.32. The zero-order valence-electron chi connectivity index (χ0n) is 10.3. The molecule has 0 aliphatic heterocycles. The maximum Gasteiger partial charge on any atom is 0.317 e. The number of esters is 1. The molecule has 0 saturated carbocycles. The molecule has 6 nitrogen and oxygen atoms in total. The summed E-state index contributed by atoms with van der Waals surface area (Å²) in [6, 6.07) is 1.32. The topological polar surface area (TPSA) is 82.3 Å². The molecular formula is C11H13BrN2O4. The van der Waals surface area contributed by atoms with Gasteiger partial charge >= 0.3 is 5.97 Å². The number of carbonyl (C=O) groups excluding carboxylic acids is 1. The van der Waals surface area contributed by atoms with E-state index in [2.05, 4.69) is 20.9 Å². The number of halogens is 1. The van der Waals surface area contributed by atoms with Crippen LogP contribution in [0.3, 0.4) is 0 Å². The minimum Gasteiger partial charge on any atom is -0.465 e. The molecule has 0 aliphatic carbocycles. The Balaban J connectivity index is 3.31. The van der Waals surface area contributed by atoms with Crippen molar-refractivity contribution in [1.82, 2.24) is 4.98 Å². The third kappa shape index (κ3) is 2.84. The van der Waals surface area contributed by atoms with Crippen LogP contribution in [0.5, 0.6) is 0 Å². The van der Waals surface area contributed by atoms with Crippen LogP contribution in [0.1, 0.15) is 26.5 Å². The molecule has 0 atom stereocenters. The lowest BCUT2D eigenvalue weighted by Gasteiger charge is -2.21. The summed E-state index contributed by atoms with van der Waals surface area (Å²) in [5.41, 5.74) is -1.28. The molecule has 0 unspecified atom stereocenters. The average molecular weight is 317 g/mol. The van der Waals surface area contributed by atoms with Crippen molar-refractivity contribution in [1.29, 1.82) is 0 Å². The molecular weight excluding hydrogens is 304 g/mol. The minimum absolute atomic E-state index is 0.0918. The third-order valence-corrected chi connectivity index (χ3v) is 2.84. The van der Waals surface area contributed by atoms with E-state index in [0.29, 0.717) is 4.47 Å². The van der Waals surface area contributed by atoms with Gasteiger partial charge in [0.25, 0.3) is 5.69 Å². The maximum absolute atomic E-state index is 11.8. The van der Waals surface area contributed by atoms with E-state index in [9.17, 15) is 14.9 Å². The van der Waals surface area contributed by atoms with Crippen LogP contribution in [0.4, 0.5) is 5.69 Å². The fourth-order valence-corrected chi connectivity index (χ4v) is 1.78. The molecule has 0 radical (unpaired) electrons. The molecule has 18 heavy (non-hydrogen) atoms. The van der Waals surface area contributed by atoms with Gasteiger partial charge in [0.2, 0.25) is 0 Å². The summed E-state index contributed by atoms with van der Waals surface area (Å²) in [4.78, 5) is 26.2. The van der Waals surface area contributed by atoms with Crippen LogP contribution in [0.25, 0.3) is 0 Å². The van der Waals surface area contributed by atoms with Crippen LogP contribution in [0, 0.1) is 10.1 Å². The van der Waals surface area contributed by atoms with Crippen LogP contribution in [0.2, 0.25) is 0 Å². The minimum atomic E-state index is -1.17. The van der Waals surface area contributed by atoms with Gasteiger partial charge in [-0.3, -0.25) is 19.9 Å². The molecule has 1 heterocycles. The Morgan fingerprint density at radius 2 is 2.22 bits per heavy atom. The van der Waals surface area contributed by atoms with Gasteiger partial charge in [-0.15, -0.1) is 0 Å². The first-order chi connectivity index (χ1) is 8.30. The van der Waals surface area contributed by atoms with Gasteiger partial charge in [0.15, 0.2) is 0 Å². The zero-order chi connectivity index (χ0) is 13.9. The second kappa shape index (κ2) is 5.43. The van der Waals surface area contributed by atoms with E-state index < -0.39 is 16.3 Å². The van der Waals surface area contributed by atoms with Gasteiger partial charge in [0, 0.05) is 16.7 Å². The van der Waals surface area contributed by atoms with Gasteiger partial charge in [0.1, 0.15) is 11.1 Å². The molecule has 0 spiro atoms. The molecule has 1 aromatic heterocycles. The maximum atomic E-state index is 11.8. The Labute approximate surface area is 113 Å². The SMILES string of the molecule is CCOC(=O)C(C)(C)c1ncc(Br)cc1[N+](=O)[O-]. The van der Waals surface area contributed by atoms with E-state index in [1.54, 1.807) is 20.8 Å². The van der Waals surface area contributed by atoms with Crippen molar-refractivity contribution < 1.29 is 14.5 Å². The third-order valence-electron chi connectivity index (χ3n) is 2.41. The monoisotopic (exact) mass is 316 g/mol. The second-order valence-corrected chi connectivity index (χ2v) is 5.04. The van der Waals surface area contributed by atoms with Crippen LogP contribution < -0.4 is 0 Å². The van der Waals surface area contributed by atoms with E-state index in [1.807, 2.05) is 0 Å². The van der Waals surface area contributed by atoms with E-state index in [1.165, 1.54) is 12.3 Å². The Morgan fingerprint density at radius 3 is 2.72 bits per heavy atom. The number of hydrogen-bond acceptors (Lipinski definition) is 5. The second-order valence-electron chi connectivity index (χ2n) is 4.12. The molecule has 0 amide bonds. The van der Waals surface area contributed by atoms with Crippen LogP contribution >= 0.6 is 15.9 Å². The Hall–Kier alpha value is -1.50. The highest BCUT2D eigenvalue weighted by atomic mass is 79.9. The van der Waals surface area contributed by atoms with Crippen molar-refractivity contribution in [2.24, 2.45) is 0 Å². The lowest BCUT2D eigenvalue weighted by Crippen LogP contribution is -2.32. The molecule has 7 heteroatoms. The van der Waals surface area contributed by atoms with Crippen molar-refractivity contribution in [3.8, 4) is 0 Å². The largest absolute Gasteiger partial charge is 0.465 e. The molecule has 0 N–H and O–H groups in total. The summed E-state index contributed by atoms with van der Waals surface area (Å²) in [5.74, 6) is -0.539. The summed E-state index contributed by atoms with van der Waals surface area (Å²) < 4.78 is 5.40. The zero-order valence-corrected chi connectivity index (χ0v) is 11.9. The van der Waals surface area contributed by atoms with Gasteiger partial charge in [-0.1, -0.05) is 0 Å². The van der Waals surface area contributed by atoms with Gasteiger partial charge < -0.3 is 4.74 Å². The number of hydrogen-bond donors (Lipinski definition) is 0. The van der Waals surface area contributed by atoms with Gasteiger partial charge in [-0.25, -0.2) is 0 Å². The molecule has 1 aromatic rings. The smallest absolute Gasteiger partial charge is 0.317 e. The van der Waals surface area contributed by atoms with Crippen molar-refractivity contribution in [2.75, 3.05) is 6.61 Å². The van der Waals surface area contributed by atoms with Crippen molar-refractivity contribution in [3.05, 3.63) is 32.5 Å². The molecule has 98 valence electrons. The van der Waals surface area contributed by atoms with Gasteiger partial charge in [-0.05, 0) is 36.7 Å². The lowest BCUT2D eigenvalue weighted by atomic mass is 9.88. The number of nitro groups is 1.